The quantitative estimate of drug-likeness (QED) is 0.691. The summed E-state index contributed by atoms with van der Waals surface area (Å²) < 4.78 is 0. The highest BCUT2D eigenvalue weighted by Crippen LogP contribution is 2.32. The first-order valence-corrected chi connectivity index (χ1v) is 5.80. The molecule has 2 heterocycles. The Morgan fingerprint density at radius 3 is 2.78 bits per heavy atom. The Kier molecular flexibility index (Phi) is 2.45. The second-order valence-electron chi connectivity index (χ2n) is 4.53. The lowest BCUT2D eigenvalue weighted by atomic mass is 10.0. The molecule has 0 radical (unpaired) electrons. The van der Waals surface area contributed by atoms with Crippen LogP contribution in [0.4, 0.5) is 11.4 Å². The first-order chi connectivity index (χ1) is 8.65. The van der Waals surface area contributed by atoms with Crippen LogP contribution in [0.1, 0.15) is 10.4 Å². The molecule has 6 nitrogen and oxygen atoms in total. The Morgan fingerprint density at radius 2 is 2.17 bits per heavy atom. The Labute approximate surface area is 104 Å². The standard InChI is InChI=1S/C12H13N3O3/c16-11-6-15(8-4-13-5-8)10-3-7(12(17)18)1-2-9(10)14-11/h1-3,8,13H,4-6H2,(H,14,16)(H,17,18). The fourth-order valence-electron chi connectivity index (χ4n) is 2.26. The molecule has 1 amide bonds. The van der Waals surface area contributed by atoms with Gasteiger partial charge in [-0.3, -0.25) is 4.79 Å². The highest BCUT2D eigenvalue weighted by molar-refractivity contribution is 6.03. The highest BCUT2D eigenvalue weighted by atomic mass is 16.4. The van der Waals surface area contributed by atoms with Crippen molar-refractivity contribution in [2.45, 2.75) is 6.04 Å². The zero-order valence-corrected chi connectivity index (χ0v) is 9.64. The van der Waals surface area contributed by atoms with Gasteiger partial charge in [-0.1, -0.05) is 0 Å². The molecule has 0 bridgehead atoms. The van der Waals surface area contributed by atoms with Crippen LogP contribution in [0.25, 0.3) is 0 Å². The van der Waals surface area contributed by atoms with Gasteiger partial charge in [-0.05, 0) is 18.2 Å². The summed E-state index contributed by atoms with van der Waals surface area (Å²) in [6, 6.07) is 5.03. The zero-order chi connectivity index (χ0) is 12.7. The molecule has 0 spiro atoms. The van der Waals surface area contributed by atoms with Crippen LogP contribution in [-0.2, 0) is 4.79 Å². The average molecular weight is 247 g/mol. The molecule has 0 aliphatic carbocycles. The van der Waals surface area contributed by atoms with Crippen LogP contribution in [0.3, 0.4) is 0 Å². The van der Waals surface area contributed by atoms with Crippen molar-refractivity contribution in [1.82, 2.24) is 5.32 Å². The second-order valence-corrected chi connectivity index (χ2v) is 4.53. The van der Waals surface area contributed by atoms with Gasteiger partial charge in [-0.15, -0.1) is 0 Å². The van der Waals surface area contributed by atoms with E-state index < -0.39 is 5.97 Å². The molecule has 3 rings (SSSR count). The van der Waals surface area contributed by atoms with Crippen molar-refractivity contribution in [3.63, 3.8) is 0 Å². The van der Waals surface area contributed by atoms with Gasteiger partial charge in [-0.25, -0.2) is 4.79 Å². The predicted octanol–water partition coefficient (Wildman–Crippen LogP) is 0.115. The number of carboxylic acids is 1. The van der Waals surface area contributed by atoms with E-state index in [-0.39, 0.29) is 24.1 Å². The van der Waals surface area contributed by atoms with Gasteiger partial charge in [0.05, 0.1) is 29.5 Å². The van der Waals surface area contributed by atoms with Crippen molar-refractivity contribution in [2.24, 2.45) is 0 Å². The topological polar surface area (TPSA) is 81.7 Å². The number of amides is 1. The first kappa shape index (κ1) is 11.0. The minimum absolute atomic E-state index is 0.0579. The summed E-state index contributed by atoms with van der Waals surface area (Å²) in [4.78, 5) is 24.6. The van der Waals surface area contributed by atoms with Gasteiger partial charge in [0, 0.05) is 13.1 Å². The maximum atomic E-state index is 11.6. The Morgan fingerprint density at radius 1 is 1.39 bits per heavy atom. The normalized spacial score (nSPS) is 18.9. The number of aromatic carboxylic acids is 1. The predicted molar refractivity (Wildman–Crippen MR) is 66.0 cm³/mol. The largest absolute Gasteiger partial charge is 0.478 e. The van der Waals surface area contributed by atoms with Gasteiger partial charge in [0.1, 0.15) is 0 Å². The maximum Gasteiger partial charge on any atom is 0.335 e. The van der Waals surface area contributed by atoms with Crippen LogP contribution in [0.15, 0.2) is 18.2 Å². The number of rotatable bonds is 2. The smallest absolute Gasteiger partial charge is 0.335 e. The summed E-state index contributed by atoms with van der Waals surface area (Å²) in [6.07, 6.45) is 0. The third kappa shape index (κ3) is 1.70. The summed E-state index contributed by atoms with van der Waals surface area (Å²) in [5.74, 6) is -1.01. The van der Waals surface area contributed by atoms with E-state index in [1.54, 1.807) is 12.1 Å². The van der Waals surface area contributed by atoms with E-state index >= 15 is 0 Å². The molecule has 1 aromatic rings. The molecule has 0 atom stereocenters. The van der Waals surface area contributed by atoms with Crippen LogP contribution in [0, 0.1) is 0 Å². The Hall–Kier alpha value is -2.08. The summed E-state index contributed by atoms with van der Waals surface area (Å²) in [6.45, 7) is 1.93. The molecule has 2 aliphatic rings. The second kappa shape index (κ2) is 3.99. The van der Waals surface area contributed by atoms with Crippen LogP contribution < -0.4 is 15.5 Å². The van der Waals surface area contributed by atoms with Gasteiger partial charge in [-0.2, -0.15) is 0 Å². The van der Waals surface area contributed by atoms with E-state index in [2.05, 4.69) is 10.6 Å². The number of benzene rings is 1. The van der Waals surface area contributed by atoms with E-state index in [4.69, 9.17) is 5.11 Å². The molecular formula is C12H13N3O3. The molecule has 1 saturated heterocycles. The molecule has 0 aromatic heterocycles. The van der Waals surface area contributed by atoms with Crippen LogP contribution >= 0.6 is 0 Å². The molecule has 1 aromatic carbocycles. The van der Waals surface area contributed by atoms with Crippen molar-refractivity contribution >= 4 is 23.3 Å². The molecule has 6 heteroatoms. The lowest BCUT2D eigenvalue weighted by Crippen LogP contribution is -2.60. The SMILES string of the molecule is O=C1CN(C2CNC2)c2cc(C(=O)O)ccc2N1. The zero-order valence-electron chi connectivity index (χ0n) is 9.64. The molecule has 18 heavy (non-hydrogen) atoms. The van der Waals surface area contributed by atoms with Crippen molar-refractivity contribution in [1.29, 1.82) is 0 Å². The summed E-state index contributed by atoms with van der Waals surface area (Å²) in [5.41, 5.74) is 1.71. The minimum Gasteiger partial charge on any atom is -0.478 e. The number of nitrogens with one attached hydrogen (secondary N) is 2. The molecule has 2 aliphatic heterocycles. The highest BCUT2D eigenvalue weighted by Gasteiger charge is 2.31. The molecular weight excluding hydrogens is 234 g/mol. The lowest BCUT2D eigenvalue weighted by molar-refractivity contribution is -0.115. The molecule has 1 fully saturated rings. The van der Waals surface area contributed by atoms with E-state index in [1.807, 2.05) is 4.90 Å². The summed E-state index contributed by atoms with van der Waals surface area (Å²) >= 11 is 0. The molecule has 0 unspecified atom stereocenters. The third-order valence-electron chi connectivity index (χ3n) is 3.34. The van der Waals surface area contributed by atoms with E-state index in [1.165, 1.54) is 6.07 Å². The number of hydrogen-bond donors (Lipinski definition) is 3. The molecule has 94 valence electrons. The third-order valence-corrected chi connectivity index (χ3v) is 3.34. The fraction of sp³-hybridized carbons (Fsp3) is 0.333. The van der Waals surface area contributed by atoms with E-state index in [9.17, 15) is 9.59 Å². The van der Waals surface area contributed by atoms with Crippen LogP contribution in [0.2, 0.25) is 0 Å². The lowest BCUT2D eigenvalue weighted by Gasteiger charge is -2.42. The number of carbonyl (C=O) groups is 2. The van der Waals surface area contributed by atoms with Crippen LogP contribution in [0.5, 0.6) is 0 Å². The van der Waals surface area contributed by atoms with Crippen molar-refractivity contribution in [3.8, 4) is 0 Å². The summed E-state index contributed by atoms with van der Waals surface area (Å²) in [5, 5.41) is 14.9. The van der Waals surface area contributed by atoms with Crippen molar-refractivity contribution in [3.05, 3.63) is 23.8 Å². The average Bonchev–Trinajstić information content (AvgIpc) is 2.25. The van der Waals surface area contributed by atoms with Gasteiger partial charge in [0.2, 0.25) is 5.91 Å². The number of fused-ring (bicyclic) bond motifs is 1. The molecule has 0 saturated carbocycles. The van der Waals surface area contributed by atoms with Crippen molar-refractivity contribution < 1.29 is 14.7 Å². The Bertz CT molecular complexity index is 525. The van der Waals surface area contributed by atoms with Gasteiger partial charge in [0.15, 0.2) is 0 Å². The van der Waals surface area contributed by atoms with E-state index in [0.29, 0.717) is 5.69 Å². The number of hydrogen-bond acceptors (Lipinski definition) is 4. The Balaban J connectivity index is 2.02. The number of carbonyl (C=O) groups excluding carboxylic acids is 1. The van der Waals surface area contributed by atoms with Gasteiger partial charge in [0.25, 0.3) is 0 Å². The number of nitrogens with zero attached hydrogens (tertiary/aromatic N) is 1. The summed E-state index contributed by atoms with van der Waals surface area (Å²) in [7, 11) is 0. The van der Waals surface area contributed by atoms with Gasteiger partial charge < -0.3 is 20.6 Å². The maximum absolute atomic E-state index is 11.6. The number of anilines is 2. The fourth-order valence-corrected chi connectivity index (χ4v) is 2.26. The van der Waals surface area contributed by atoms with E-state index in [0.717, 1.165) is 18.8 Å². The first-order valence-electron chi connectivity index (χ1n) is 5.80. The van der Waals surface area contributed by atoms with Crippen molar-refractivity contribution in [2.75, 3.05) is 29.9 Å². The van der Waals surface area contributed by atoms with Gasteiger partial charge >= 0.3 is 5.97 Å². The monoisotopic (exact) mass is 247 g/mol. The van der Waals surface area contributed by atoms with Crippen LogP contribution in [-0.4, -0.2) is 42.7 Å². The molecule has 3 N–H and O–H groups in total. The number of carboxylic acid groups (broad SMARTS) is 1. The minimum atomic E-state index is -0.957.